The van der Waals surface area contributed by atoms with Gasteiger partial charge in [0.2, 0.25) is 0 Å². The smallest absolute Gasteiger partial charge is 0.310 e. The van der Waals surface area contributed by atoms with Gasteiger partial charge in [-0.1, -0.05) is 19.3 Å². The van der Waals surface area contributed by atoms with E-state index in [4.69, 9.17) is 9.47 Å². The lowest BCUT2D eigenvalue weighted by molar-refractivity contribution is -0.149. The van der Waals surface area contributed by atoms with E-state index in [0.29, 0.717) is 19.3 Å². The van der Waals surface area contributed by atoms with Gasteiger partial charge in [-0.05, 0) is 39.0 Å². The van der Waals surface area contributed by atoms with Crippen LogP contribution in [0.2, 0.25) is 0 Å². The summed E-state index contributed by atoms with van der Waals surface area (Å²) < 4.78 is 11.1. The zero-order valence-corrected chi connectivity index (χ0v) is 18.7. The Kier molecular flexibility index (Phi) is 12.3. The number of hydrogen-bond donors (Lipinski definition) is 1. The molecule has 26 heavy (non-hydrogen) atoms. The predicted molar refractivity (Wildman–Crippen MR) is 115 cm³/mol. The van der Waals surface area contributed by atoms with E-state index in [0.717, 1.165) is 44.9 Å². The van der Waals surface area contributed by atoms with Gasteiger partial charge in [0.25, 0.3) is 0 Å². The fourth-order valence-corrected chi connectivity index (χ4v) is 3.71. The monoisotopic (exact) mass is 481 g/mol. The summed E-state index contributed by atoms with van der Waals surface area (Å²) >= 11 is 0. The van der Waals surface area contributed by atoms with Gasteiger partial charge in [-0.25, -0.2) is 0 Å². The molecule has 0 aromatic rings. The minimum atomic E-state index is -0.0801. The third kappa shape index (κ3) is 7.98. The van der Waals surface area contributed by atoms with Crippen molar-refractivity contribution >= 4 is 35.9 Å². The van der Waals surface area contributed by atoms with Crippen LogP contribution in [0, 0.1) is 5.92 Å². The van der Waals surface area contributed by atoms with E-state index in [1.54, 1.807) is 7.05 Å². The number of carbonyl (C=O) groups is 1. The second-order valence-corrected chi connectivity index (χ2v) is 7.00. The molecule has 152 valence electrons. The molecule has 1 unspecified atom stereocenters. The highest BCUT2D eigenvalue weighted by Gasteiger charge is 2.28. The van der Waals surface area contributed by atoms with Gasteiger partial charge in [0.15, 0.2) is 5.96 Å². The Morgan fingerprint density at radius 2 is 1.96 bits per heavy atom. The molecule has 1 N–H and O–H groups in total. The van der Waals surface area contributed by atoms with Crippen molar-refractivity contribution in [3.8, 4) is 0 Å². The van der Waals surface area contributed by atoms with Crippen LogP contribution in [-0.2, 0) is 14.3 Å². The van der Waals surface area contributed by atoms with Crippen molar-refractivity contribution in [2.24, 2.45) is 10.9 Å². The number of hydrogen-bond acceptors (Lipinski definition) is 4. The third-order valence-corrected chi connectivity index (χ3v) is 5.06. The van der Waals surface area contributed by atoms with E-state index in [2.05, 4.69) is 15.2 Å². The van der Waals surface area contributed by atoms with Crippen molar-refractivity contribution in [1.29, 1.82) is 0 Å². The van der Waals surface area contributed by atoms with Crippen molar-refractivity contribution < 1.29 is 14.3 Å². The Bertz CT molecular complexity index is 428. The first-order valence-electron chi connectivity index (χ1n) is 9.98. The number of esters is 1. The summed E-state index contributed by atoms with van der Waals surface area (Å²) in [6.45, 7) is 5.59. The minimum Gasteiger partial charge on any atom is -0.466 e. The predicted octanol–water partition coefficient (Wildman–Crippen LogP) is 3.19. The fourth-order valence-electron chi connectivity index (χ4n) is 3.71. The van der Waals surface area contributed by atoms with Crippen LogP contribution in [0.15, 0.2) is 4.99 Å². The number of nitrogens with one attached hydrogen (secondary N) is 1. The lowest BCUT2D eigenvalue weighted by atomic mass is 9.98. The zero-order chi connectivity index (χ0) is 17.9. The van der Waals surface area contributed by atoms with Crippen LogP contribution in [0.3, 0.4) is 0 Å². The normalized spacial score (nSPS) is 21.8. The molecule has 7 heteroatoms. The number of nitrogens with zero attached hydrogens (tertiary/aromatic N) is 2. The molecule has 1 heterocycles. The number of aliphatic imine (C=N–C) groups is 1. The number of halogens is 1. The van der Waals surface area contributed by atoms with Crippen LogP contribution >= 0.6 is 24.0 Å². The van der Waals surface area contributed by atoms with E-state index < -0.39 is 0 Å². The quantitative estimate of drug-likeness (QED) is 0.199. The van der Waals surface area contributed by atoms with Crippen LogP contribution in [0.5, 0.6) is 0 Å². The van der Waals surface area contributed by atoms with Gasteiger partial charge in [0.05, 0.1) is 18.6 Å². The molecule has 1 saturated heterocycles. The molecule has 0 aromatic heterocycles. The van der Waals surface area contributed by atoms with Gasteiger partial charge >= 0.3 is 5.97 Å². The van der Waals surface area contributed by atoms with Crippen LogP contribution in [0.4, 0.5) is 0 Å². The molecule has 1 aliphatic heterocycles. The minimum absolute atomic E-state index is 0. The number of guanidine groups is 1. The molecule has 2 rings (SSSR count). The average molecular weight is 481 g/mol. The fraction of sp³-hybridized carbons (Fsp3) is 0.895. The Balaban J connectivity index is 0.00000338. The maximum atomic E-state index is 12.0. The van der Waals surface area contributed by atoms with Gasteiger partial charge in [-0.3, -0.25) is 9.79 Å². The number of rotatable bonds is 7. The van der Waals surface area contributed by atoms with E-state index >= 15 is 0 Å². The van der Waals surface area contributed by atoms with Gasteiger partial charge in [-0.2, -0.15) is 0 Å². The number of likely N-dealkylation sites (tertiary alicyclic amines) is 1. The van der Waals surface area contributed by atoms with Crippen LogP contribution in [0.1, 0.15) is 58.3 Å². The second kappa shape index (κ2) is 13.6. The van der Waals surface area contributed by atoms with Gasteiger partial charge in [0.1, 0.15) is 0 Å². The van der Waals surface area contributed by atoms with Gasteiger partial charge < -0.3 is 19.7 Å². The largest absolute Gasteiger partial charge is 0.466 e. The Hall–Kier alpha value is -0.570. The summed E-state index contributed by atoms with van der Waals surface area (Å²) in [6, 6.07) is 0. The molecule has 0 aromatic carbocycles. The van der Waals surface area contributed by atoms with Crippen molar-refractivity contribution in [3.05, 3.63) is 0 Å². The van der Waals surface area contributed by atoms with Crippen LogP contribution in [0.25, 0.3) is 0 Å². The maximum absolute atomic E-state index is 12.0. The van der Waals surface area contributed by atoms with Crippen LogP contribution in [-0.4, -0.2) is 62.8 Å². The number of carbonyl (C=O) groups excluding carboxylic acids is 1. The summed E-state index contributed by atoms with van der Waals surface area (Å²) in [5.41, 5.74) is 0. The molecule has 0 amide bonds. The summed E-state index contributed by atoms with van der Waals surface area (Å²) in [4.78, 5) is 18.5. The summed E-state index contributed by atoms with van der Waals surface area (Å²) in [5.74, 6) is 0.761. The molecule has 1 aliphatic carbocycles. The number of piperidine rings is 1. The summed E-state index contributed by atoms with van der Waals surface area (Å²) in [6.07, 6.45) is 9.77. The number of ether oxygens (including phenoxy) is 2. The molecular weight excluding hydrogens is 445 g/mol. The SMILES string of the molecule is CCOC(=O)C1CCCN(C(=NC)NCCCOC2CCCCC2)C1.I. The molecule has 1 saturated carbocycles. The summed E-state index contributed by atoms with van der Waals surface area (Å²) in [7, 11) is 1.80. The topological polar surface area (TPSA) is 63.2 Å². The molecule has 2 fully saturated rings. The highest BCUT2D eigenvalue weighted by atomic mass is 127. The van der Waals surface area contributed by atoms with Crippen molar-refractivity contribution in [3.63, 3.8) is 0 Å². The highest BCUT2D eigenvalue weighted by Crippen LogP contribution is 2.20. The lowest BCUT2D eigenvalue weighted by Crippen LogP contribution is -2.48. The van der Waals surface area contributed by atoms with Gasteiger partial charge in [-0.15, -0.1) is 24.0 Å². The van der Waals surface area contributed by atoms with E-state index in [1.165, 1.54) is 32.1 Å². The Labute approximate surface area is 175 Å². The zero-order valence-electron chi connectivity index (χ0n) is 16.4. The first-order valence-corrected chi connectivity index (χ1v) is 9.98. The van der Waals surface area contributed by atoms with Crippen molar-refractivity contribution in [1.82, 2.24) is 10.2 Å². The molecule has 0 bridgehead atoms. The lowest BCUT2D eigenvalue weighted by Gasteiger charge is -2.34. The molecule has 6 nitrogen and oxygen atoms in total. The maximum Gasteiger partial charge on any atom is 0.310 e. The van der Waals surface area contributed by atoms with Crippen molar-refractivity contribution in [2.75, 3.05) is 39.9 Å². The van der Waals surface area contributed by atoms with E-state index in [1.807, 2.05) is 6.92 Å². The van der Waals surface area contributed by atoms with E-state index in [-0.39, 0.29) is 35.9 Å². The molecule has 0 spiro atoms. The first kappa shape index (κ1) is 23.5. The first-order chi connectivity index (χ1) is 12.2. The second-order valence-electron chi connectivity index (χ2n) is 7.00. The third-order valence-electron chi connectivity index (χ3n) is 5.06. The Morgan fingerprint density at radius 3 is 2.65 bits per heavy atom. The standard InChI is InChI=1S/C19H35N3O3.HI/c1-3-24-18(23)16-9-7-13-22(15-16)19(20-2)21-12-8-14-25-17-10-5-4-6-11-17;/h16-17H,3-15H2,1-2H3,(H,20,21);1H. The van der Waals surface area contributed by atoms with Crippen LogP contribution < -0.4 is 5.32 Å². The average Bonchev–Trinajstić information content (AvgIpc) is 2.66. The molecular formula is C19H36IN3O3. The molecule has 0 radical (unpaired) electrons. The highest BCUT2D eigenvalue weighted by molar-refractivity contribution is 14.0. The van der Waals surface area contributed by atoms with Gasteiger partial charge in [0, 0.05) is 33.3 Å². The van der Waals surface area contributed by atoms with E-state index in [9.17, 15) is 4.79 Å². The summed E-state index contributed by atoms with van der Waals surface area (Å²) in [5, 5.41) is 3.41. The molecule has 1 atom stereocenters. The Morgan fingerprint density at radius 1 is 1.19 bits per heavy atom. The molecule has 2 aliphatic rings. The van der Waals surface area contributed by atoms with Crippen molar-refractivity contribution in [2.45, 2.75) is 64.4 Å².